The minimum atomic E-state index is -0.516. The van der Waals surface area contributed by atoms with Gasteiger partial charge in [0.1, 0.15) is 11.5 Å². The molecule has 6 nitrogen and oxygen atoms in total. The van der Waals surface area contributed by atoms with Crippen molar-refractivity contribution in [3.8, 4) is 11.5 Å². The highest BCUT2D eigenvalue weighted by molar-refractivity contribution is 5.75. The van der Waals surface area contributed by atoms with Crippen molar-refractivity contribution in [3.05, 3.63) is 60.3 Å². The number of fused-ring (bicyclic) bond motifs is 1. The van der Waals surface area contributed by atoms with Crippen LogP contribution in [0.5, 0.6) is 0 Å². The van der Waals surface area contributed by atoms with E-state index in [1.165, 1.54) is 6.07 Å². The first-order valence-electron chi connectivity index (χ1n) is 9.17. The zero-order valence-electron chi connectivity index (χ0n) is 15.4. The average molecular weight is 380 g/mol. The maximum Gasteiger partial charge on any atom is 0.213 e. The van der Waals surface area contributed by atoms with Gasteiger partial charge in [-0.3, -0.25) is 4.98 Å². The topological polar surface area (TPSA) is 61.4 Å². The first-order valence-corrected chi connectivity index (χ1v) is 9.17. The van der Waals surface area contributed by atoms with E-state index in [-0.39, 0.29) is 7.43 Å². The van der Waals surface area contributed by atoms with Crippen molar-refractivity contribution in [2.45, 2.75) is 47.2 Å². The van der Waals surface area contributed by atoms with Crippen LogP contribution in [0.1, 0.15) is 39.2 Å². The fourth-order valence-electron chi connectivity index (χ4n) is 3.34. The Balaban J connectivity index is 0.00000225. The third-order valence-electron chi connectivity index (χ3n) is 4.56. The molecule has 0 aromatic carbocycles. The lowest BCUT2D eigenvalue weighted by Crippen LogP contribution is -2.09. The van der Waals surface area contributed by atoms with Crippen molar-refractivity contribution >= 4 is 11.0 Å². The molecule has 7 heteroatoms. The van der Waals surface area contributed by atoms with Gasteiger partial charge >= 0.3 is 0 Å². The van der Waals surface area contributed by atoms with Gasteiger partial charge in [-0.2, -0.15) is 4.39 Å². The molecular weight excluding hydrogens is 355 g/mol. The van der Waals surface area contributed by atoms with E-state index >= 15 is 0 Å². The Hall–Kier alpha value is -3.09. The molecule has 0 unspecified atom stereocenters. The molecule has 0 aliphatic carbocycles. The molecule has 4 aromatic heterocycles. The number of aryl methyl sites for hydroxylation is 2. The summed E-state index contributed by atoms with van der Waals surface area (Å²) >= 11 is 0. The van der Waals surface area contributed by atoms with Gasteiger partial charge < -0.3 is 9.13 Å². The summed E-state index contributed by atoms with van der Waals surface area (Å²) in [5.74, 6) is 1.02. The standard InChI is InChI=1S/C20H21FN6.CH4/c1-3-6-14-11-16-17(12-23-14)27(4-2)19(25-16)13-26-10-9-22-20(26)15-7-5-8-18(21)24-15;/h5,7-12H,3-4,6,13H2,1-2H3;1H4. The van der Waals surface area contributed by atoms with Gasteiger partial charge in [0.25, 0.3) is 0 Å². The van der Waals surface area contributed by atoms with Crippen LogP contribution in [0.15, 0.2) is 42.9 Å². The van der Waals surface area contributed by atoms with Crippen LogP contribution in [0.25, 0.3) is 22.6 Å². The first kappa shape index (κ1) is 19.7. The molecule has 4 aromatic rings. The Labute approximate surface area is 164 Å². The fraction of sp³-hybridized carbons (Fsp3) is 0.333. The molecule has 0 bridgehead atoms. The summed E-state index contributed by atoms with van der Waals surface area (Å²) in [6, 6.07) is 6.79. The van der Waals surface area contributed by atoms with Gasteiger partial charge in [-0.25, -0.2) is 15.0 Å². The molecule has 0 amide bonds. The molecule has 0 atom stereocenters. The third-order valence-corrected chi connectivity index (χ3v) is 4.56. The van der Waals surface area contributed by atoms with Crippen LogP contribution in [0.4, 0.5) is 4.39 Å². The van der Waals surface area contributed by atoms with Crippen LogP contribution in [-0.2, 0) is 19.5 Å². The summed E-state index contributed by atoms with van der Waals surface area (Å²) in [7, 11) is 0. The molecule has 0 spiro atoms. The number of hydrogen-bond acceptors (Lipinski definition) is 4. The minimum Gasteiger partial charge on any atom is -0.325 e. The van der Waals surface area contributed by atoms with Crippen LogP contribution in [0.3, 0.4) is 0 Å². The maximum atomic E-state index is 13.5. The summed E-state index contributed by atoms with van der Waals surface area (Å²) < 4.78 is 17.6. The summed E-state index contributed by atoms with van der Waals surface area (Å²) in [5, 5.41) is 0. The number of nitrogens with zero attached hydrogens (tertiary/aromatic N) is 6. The summed E-state index contributed by atoms with van der Waals surface area (Å²) in [4.78, 5) is 17.7. The van der Waals surface area contributed by atoms with E-state index in [1.54, 1.807) is 18.3 Å². The van der Waals surface area contributed by atoms with Gasteiger partial charge in [-0.15, -0.1) is 0 Å². The van der Waals surface area contributed by atoms with Crippen molar-refractivity contribution in [2.24, 2.45) is 0 Å². The number of rotatable bonds is 6. The van der Waals surface area contributed by atoms with Crippen LogP contribution in [0, 0.1) is 5.95 Å². The molecule has 4 heterocycles. The smallest absolute Gasteiger partial charge is 0.213 e. The third kappa shape index (κ3) is 3.65. The molecule has 0 saturated heterocycles. The second kappa shape index (κ2) is 8.29. The van der Waals surface area contributed by atoms with Gasteiger partial charge in [0.05, 0.1) is 23.8 Å². The molecule has 4 rings (SSSR count). The Morgan fingerprint density at radius 2 is 1.96 bits per heavy atom. The van der Waals surface area contributed by atoms with Gasteiger partial charge in [0, 0.05) is 24.6 Å². The van der Waals surface area contributed by atoms with Crippen molar-refractivity contribution < 1.29 is 4.39 Å². The predicted molar refractivity (Wildman–Crippen MR) is 108 cm³/mol. The monoisotopic (exact) mass is 380 g/mol. The largest absolute Gasteiger partial charge is 0.325 e. The van der Waals surface area contributed by atoms with Crippen LogP contribution < -0.4 is 0 Å². The van der Waals surface area contributed by atoms with E-state index in [9.17, 15) is 4.39 Å². The fourth-order valence-corrected chi connectivity index (χ4v) is 3.34. The lowest BCUT2D eigenvalue weighted by atomic mass is 10.2. The zero-order valence-corrected chi connectivity index (χ0v) is 15.4. The van der Waals surface area contributed by atoms with Crippen molar-refractivity contribution in [2.75, 3.05) is 0 Å². The summed E-state index contributed by atoms with van der Waals surface area (Å²) in [6.45, 7) is 5.55. The van der Waals surface area contributed by atoms with Crippen LogP contribution in [-0.4, -0.2) is 29.1 Å². The maximum absolute atomic E-state index is 13.5. The Morgan fingerprint density at radius 1 is 1.11 bits per heavy atom. The van der Waals surface area contributed by atoms with E-state index in [0.717, 1.165) is 41.9 Å². The summed E-state index contributed by atoms with van der Waals surface area (Å²) in [5.41, 5.74) is 3.55. The van der Waals surface area contributed by atoms with Gasteiger partial charge in [0.2, 0.25) is 5.95 Å². The van der Waals surface area contributed by atoms with E-state index in [0.29, 0.717) is 18.1 Å². The lowest BCUT2D eigenvalue weighted by molar-refractivity contribution is 0.584. The molecule has 0 saturated carbocycles. The van der Waals surface area contributed by atoms with Crippen molar-refractivity contribution in [1.29, 1.82) is 0 Å². The molecule has 0 aliphatic heterocycles. The van der Waals surface area contributed by atoms with Crippen LogP contribution in [0.2, 0.25) is 0 Å². The second-order valence-electron chi connectivity index (χ2n) is 6.41. The van der Waals surface area contributed by atoms with Crippen molar-refractivity contribution in [3.63, 3.8) is 0 Å². The van der Waals surface area contributed by atoms with Crippen molar-refractivity contribution in [1.82, 2.24) is 29.1 Å². The van der Waals surface area contributed by atoms with E-state index in [2.05, 4.69) is 39.4 Å². The lowest BCUT2D eigenvalue weighted by Gasteiger charge is -2.09. The normalized spacial score (nSPS) is 11.0. The molecule has 0 radical (unpaired) electrons. The average Bonchev–Trinajstić information content (AvgIpc) is 3.25. The number of aromatic nitrogens is 6. The molecule has 0 aliphatic rings. The Kier molecular flexibility index (Phi) is 5.82. The Morgan fingerprint density at radius 3 is 2.71 bits per heavy atom. The molecular formula is C21H25FN6. The van der Waals surface area contributed by atoms with E-state index in [4.69, 9.17) is 4.98 Å². The highest BCUT2D eigenvalue weighted by Crippen LogP contribution is 2.21. The number of halogens is 1. The molecule has 146 valence electrons. The summed E-state index contributed by atoms with van der Waals surface area (Å²) in [6.07, 6.45) is 7.47. The van der Waals surface area contributed by atoms with Gasteiger partial charge in [-0.1, -0.05) is 26.8 Å². The van der Waals surface area contributed by atoms with Gasteiger partial charge in [0.15, 0.2) is 5.82 Å². The Bertz CT molecular complexity index is 1080. The molecule has 0 fully saturated rings. The van der Waals surface area contributed by atoms with E-state index < -0.39 is 5.95 Å². The van der Waals surface area contributed by atoms with Crippen LogP contribution >= 0.6 is 0 Å². The number of hydrogen-bond donors (Lipinski definition) is 0. The highest BCUT2D eigenvalue weighted by Gasteiger charge is 2.14. The second-order valence-corrected chi connectivity index (χ2v) is 6.41. The number of imidazole rings is 2. The molecule has 28 heavy (non-hydrogen) atoms. The minimum absolute atomic E-state index is 0. The first-order chi connectivity index (χ1) is 13.2. The highest BCUT2D eigenvalue weighted by atomic mass is 19.1. The quantitative estimate of drug-likeness (QED) is 0.463. The number of pyridine rings is 2. The zero-order chi connectivity index (χ0) is 18.8. The molecule has 0 N–H and O–H groups in total. The predicted octanol–water partition coefficient (Wildman–Crippen LogP) is 4.49. The van der Waals surface area contributed by atoms with Gasteiger partial charge in [-0.05, 0) is 31.5 Å². The SMILES string of the molecule is C.CCCc1cc2nc(Cn3ccnc3-c3cccc(F)n3)n(CC)c2cn1. The van der Waals surface area contributed by atoms with E-state index in [1.807, 2.05) is 17.0 Å².